The third-order valence-electron chi connectivity index (χ3n) is 3.61. The van der Waals surface area contributed by atoms with E-state index in [9.17, 15) is 17.6 Å². The highest BCUT2D eigenvalue weighted by Gasteiger charge is 2.12. The average Bonchev–Trinajstić information content (AvgIpc) is 2.64. The van der Waals surface area contributed by atoms with E-state index in [0.717, 1.165) is 17.7 Å². The minimum absolute atomic E-state index is 0.0134. The van der Waals surface area contributed by atoms with Gasteiger partial charge in [0, 0.05) is 17.3 Å². The van der Waals surface area contributed by atoms with E-state index in [4.69, 9.17) is 10.2 Å². The Hall–Kier alpha value is -0.960. The van der Waals surface area contributed by atoms with Gasteiger partial charge in [-0.15, -0.1) is 0 Å². The predicted octanol–water partition coefficient (Wildman–Crippen LogP) is 4.79. The molecule has 0 saturated carbocycles. The van der Waals surface area contributed by atoms with Gasteiger partial charge in [0.1, 0.15) is 0 Å². The lowest BCUT2D eigenvalue weighted by Gasteiger charge is -2.07. The highest BCUT2D eigenvalue weighted by Crippen LogP contribution is 2.20. The van der Waals surface area contributed by atoms with Crippen molar-refractivity contribution in [3.63, 3.8) is 0 Å². The number of rotatable bonds is 6. The lowest BCUT2D eigenvalue weighted by molar-refractivity contribution is 0.273. The topological polar surface area (TPSA) is 40.5 Å². The normalized spacial score (nSPS) is 10.5. The average molecular weight is 502 g/mol. The van der Waals surface area contributed by atoms with Gasteiger partial charge in [-0.3, -0.25) is 0 Å². The summed E-state index contributed by atoms with van der Waals surface area (Å²) in [7, 11) is 0. The van der Waals surface area contributed by atoms with Crippen LogP contribution in [0.2, 0.25) is 0 Å². The van der Waals surface area contributed by atoms with Gasteiger partial charge < -0.3 is 10.2 Å². The molecule has 0 spiro atoms. The second-order valence-corrected chi connectivity index (χ2v) is 6.56. The standard InChI is InChI=1S/C9H8Br2F2.C9H10F2O2/c10-4-3-7-6(5-11)1-2-8(12)9(7)13;10-8-2-1-6(5-13)7(3-4-12)9(8)11/h1-2H,3-5H2;1-2,12-13H,3-5H2. The fourth-order valence-corrected chi connectivity index (χ4v) is 3.21. The summed E-state index contributed by atoms with van der Waals surface area (Å²) in [5, 5.41) is 18.6. The first-order valence-electron chi connectivity index (χ1n) is 7.66. The third-order valence-corrected chi connectivity index (χ3v) is 4.61. The molecule has 0 fully saturated rings. The van der Waals surface area contributed by atoms with Crippen LogP contribution in [0.25, 0.3) is 0 Å². The van der Waals surface area contributed by atoms with E-state index in [2.05, 4.69) is 31.9 Å². The van der Waals surface area contributed by atoms with Crippen molar-refractivity contribution < 1.29 is 27.8 Å². The van der Waals surface area contributed by atoms with Gasteiger partial charge in [0.05, 0.1) is 6.61 Å². The number of hydrogen-bond donors (Lipinski definition) is 2. The summed E-state index contributed by atoms with van der Waals surface area (Å²) in [4.78, 5) is 0. The largest absolute Gasteiger partial charge is 0.396 e. The zero-order valence-corrected chi connectivity index (χ0v) is 16.9. The van der Waals surface area contributed by atoms with Crippen LogP contribution in [0, 0.1) is 23.3 Å². The molecule has 0 heterocycles. The zero-order valence-electron chi connectivity index (χ0n) is 13.7. The van der Waals surface area contributed by atoms with Gasteiger partial charge in [0.15, 0.2) is 23.3 Å². The molecule has 0 aromatic heterocycles. The molecule has 0 radical (unpaired) electrons. The maximum Gasteiger partial charge on any atom is 0.162 e. The number of aliphatic hydroxyl groups excluding tert-OH is 2. The van der Waals surface area contributed by atoms with Crippen LogP contribution < -0.4 is 0 Å². The van der Waals surface area contributed by atoms with Crippen molar-refractivity contribution in [1.82, 2.24) is 0 Å². The second-order valence-electron chi connectivity index (χ2n) is 5.20. The third kappa shape index (κ3) is 6.04. The van der Waals surface area contributed by atoms with Crippen LogP contribution in [0.5, 0.6) is 0 Å². The predicted molar refractivity (Wildman–Crippen MR) is 99.6 cm³/mol. The fraction of sp³-hybridized carbons (Fsp3) is 0.333. The summed E-state index contributed by atoms with van der Waals surface area (Å²) < 4.78 is 51.8. The minimum Gasteiger partial charge on any atom is -0.396 e. The molecule has 0 aliphatic heterocycles. The number of hydrogen-bond acceptors (Lipinski definition) is 2. The van der Waals surface area contributed by atoms with Crippen molar-refractivity contribution in [1.29, 1.82) is 0 Å². The van der Waals surface area contributed by atoms with Crippen molar-refractivity contribution in [3.8, 4) is 0 Å². The Morgan fingerprint density at radius 3 is 1.65 bits per heavy atom. The summed E-state index contributed by atoms with van der Waals surface area (Å²) in [5.74, 6) is -3.45. The van der Waals surface area contributed by atoms with Gasteiger partial charge >= 0.3 is 0 Å². The molecule has 2 rings (SSSR count). The van der Waals surface area contributed by atoms with Crippen LogP contribution in [-0.2, 0) is 24.8 Å². The smallest absolute Gasteiger partial charge is 0.162 e. The summed E-state index contributed by atoms with van der Waals surface area (Å²) in [6.45, 7) is -0.625. The Labute approximate surface area is 166 Å². The van der Waals surface area contributed by atoms with Crippen molar-refractivity contribution in [2.45, 2.75) is 24.8 Å². The molecule has 0 aliphatic rings. The lowest BCUT2D eigenvalue weighted by Crippen LogP contribution is -2.03. The van der Waals surface area contributed by atoms with Crippen molar-refractivity contribution in [2.75, 3.05) is 11.9 Å². The molecular weight excluding hydrogens is 484 g/mol. The Morgan fingerprint density at radius 1 is 0.731 bits per heavy atom. The molecule has 0 unspecified atom stereocenters. The molecule has 0 bridgehead atoms. The SMILES string of the molecule is Fc1ccc(CBr)c(CCBr)c1F.OCCc1c(CO)ccc(F)c1F. The molecule has 0 amide bonds. The van der Waals surface area contributed by atoms with E-state index in [1.54, 1.807) is 6.07 Å². The monoisotopic (exact) mass is 500 g/mol. The number of benzene rings is 2. The number of halogens is 6. The number of alkyl halides is 2. The van der Waals surface area contributed by atoms with Crippen LogP contribution in [0.15, 0.2) is 24.3 Å². The molecule has 2 aromatic carbocycles. The highest BCUT2D eigenvalue weighted by atomic mass is 79.9. The molecule has 0 aliphatic carbocycles. The molecule has 8 heteroatoms. The molecule has 0 atom stereocenters. The Morgan fingerprint density at radius 2 is 1.23 bits per heavy atom. The van der Waals surface area contributed by atoms with Gasteiger partial charge in [-0.2, -0.15) is 0 Å². The molecule has 2 N–H and O–H groups in total. The van der Waals surface area contributed by atoms with Gasteiger partial charge in [-0.25, -0.2) is 17.6 Å². The summed E-state index contributed by atoms with van der Waals surface area (Å²) in [5.41, 5.74) is 1.62. The Bertz CT molecular complexity index is 665. The van der Waals surface area contributed by atoms with Crippen molar-refractivity contribution >= 4 is 31.9 Å². The van der Waals surface area contributed by atoms with E-state index >= 15 is 0 Å². The first-order valence-corrected chi connectivity index (χ1v) is 9.90. The van der Waals surface area contributed by atoms with E-state index in [1.165, 1.54) is 6.07 Å². The second kappa shape index (κ2) is 11.7. The lowest BCUT2D eigenvalue weighted by atomic mass is 10.0. The van der Waals surface area contributed by atoms with Crippen molar-refractivity contribution in [3.05, 3.63) is 69.8 Å². The molecule has 2 aromatic rings. The van der Waals surface area contributed by atoms with Crippen LogP contribution >= 0.6 is 31.9 Å². The van der Waals surface area contributed by atoms with E-state index < -0.39 is 23.3 Å². The molecule has 0 saturated heterocycles. The van der Waals surface area contributed by atoms with Crippen molar-refractivity contribution in [2.24, 2.45) is 0 Å². The van der Waals surface area contributed by atoms with Gasteiger partial charge in [0.25, 0.3) is 0 Å². The first-order chi connectivity index (χ1) is 12.4. The molecule has 2 nitrogen and oxygen atoms in total. The Balaban J connectivity index is 0.000000260. The van der Waals surface area contributed by atoms with Gasteiger partial charge in [-0.05, 0) is 47.2 Å². The first kappa shape index (κ1) is 23.1. The Kier molecular flexibility index (Phi) is 10.4. The van der Waals surface area contributed by atoms with Crippen LogP contribution in [0.1, 0.15) is 22.3 Å². The van der Waals surface area contributed by atoms with Gasteiger partial charge in [-0.1, -0.05) is 44.0 Å². The quantitative estimate of drug-likeness (QED) is 0.441. The summed E-state index contributed by atoms with van der Waals surface area (Å²) in [6.07, 6.45) is 0.518. The minimum atomic E-state index is -0.986. The van der Waals surface area contributed by atoms with E-state index in [-0.39, 0.29) is 25.2 Å². The van der Waals surface area contributed by atoms with Crippen LogP contribution in [0.4, 0.5) is 17.6 Å². The van der Waals surface area contributed by atoms with Crippen LogP contribution in [-0.4, -0.2) is 22.2 Å². The van der Waals surface area contributed by atoms with Gasteiger partial charge in [0.2, 0.25) is 0 Å². The summed E-state index contributed by atoms with van der Waals surface area (Å²) >= 11 is 6.44. The maximum atomic E-state index is 13.2. The van der Waals surface area contributed by atoms with E-state index in [0.29, 0.717) is 28.2 Å². The maximum absolute atomic E-state index is 13.2. The molecular formula is C18H18Br2F4O2. The number of aliphatic hydroxyl groups is 2. The van der Waals surface area contributed by atoms with Crippen LogP contribution in [0.3, 0.4) is 0 Å². The zero-order chi connectivity index (χ0) is 19.7. The highest BCUT2D eigenvalue weighted by molar-refractivity contribution is 9.09. The fourth-order valence-electron chi connectivity index (χ4n) is 2.29. The molecule has 26 heavy (non-hydrogen) atoms. The van der Waals surface area contributed by atoms with E-state index in [1.807, 2.05) is 0 Å². The summed E-state index contributed by atoms with van der Waals surface area (Å²) in [6, 6.07) is 5.03. The molecule has 144 valence electrons.